The number of hydrogen-bond donors (Lipinski definition) is 0. The quantitative estimate of drug-likeness (QED) is 0.309. The molecular weight excluding hydrogens is 442 g/mol. The molecule has 4 rings (SSSR count). The first-order chi connectivity index (χ1) is 17.6. The summed E-state index contributed by atoms with van der Waals surface area (Å²) in [6.07, 6.45) is 5.21. The van der Waals surface area contributed by atoms with Crippen molar-refractivity contribution in [1.82, 2.24) is 9.99 Å². The Morgan fingerprint density at radius 2 is 1.42 bits per heavy atom. The van der Waals surface area contributed by atoms with E-state index in [0.29, 0.717) is 0 Å². The highest BCUT2D eigenvalue weighted by Gasteiger charge is 2.32. The Bertz CT molecular complexity index is 1100. The van der Waals surface area contributed by atoms with Gasteiger partial charge in [0.2, 0.25) is 0 Å². The Morgan fingerprint density at radius 3 is 1.94 bits per heavy atom. The van der Waals surface area contributed by atoms with E-state index in [9.17, 15) is 0 Å². The maximum atomic E-state index is 4.73. The molecule has 2 heterocycles. The summed E-state index contributed by atoms with van der Waals surface area (Å²) in [7, 11) is 0. The van der Waals surface area contributed by atoms with E-state index in [1.54, 1.807) is 0 Å². The van der Waals surface area contributed by atoms with E-state index in [1.165, 1.54) is 28.1 Å². The van der Waals surface area contributed by atoms with E-state index in [0.717, 1.165) is 45.0 Å². The maximum Gasteiger partial charge on any atom is 0.147 e. The van der Waals surface area contributed by atoms with Crippen molar-refractivity contribution in [2.45, 2.75) is 47.1 Å². The van der Waals surface area contributed by atoms with Gasteiger partial charge in [-0.2, -0.15) is 0 Å². The molecule has 1 aliphatic heterocycles. The summed E-state index contributed by atoms with van der Waals surface area (Å²) in [5.74, 6) is 0.980. The van der Waals surface area contributed by atoms with Crippen LogP contribution in [0.3, 0.4) is 0 Å². The fourth-order valence-electron chi connectivity index (χ4n) is 5.20. The van der Waals surface area contributed by atoms with Gasteiger partial charge in [0.05, 0.1) is 6.04 Å². The number of allylic oxidation sites excluding steroid dienone is 1. The summed E-state index contributed by atoms with van der Waals surface area (Å²) in [6.45, 7) is 16.1. The third-order valence-corrected chi connectivity index (χ3v) is 7.29. The second-order valence-electron chi connectivity index (χ2n) is 9.30. The average Bonchev–Trinajstić information content (AvgIpc) is 3.34. The number of hydrogen-bond acceptors (Lipinski definition) is 5. The van der Waals surface area contributed by atoms with Crippen molar-refractivity contribution in [3.63, 3.8) is 0 Å². The third-order valence-electron chi connectivity index (χ3n) is 7.29. The number of anilines is 3. The molecule has 0 saturated carbocycles. The number of nitrogens with zero attached hydrogens (tertiary/aromatic N) is 5. The van der Waals surface area contributed by atoms with Gasteiger partial charge in [0.1, 0.15) is 5.82 Å². The predicted octanol–water partition coefficient (Wildman–Crippen LogP) is 7.00. The second-order valence-corrected chi connectivity index (χ2v) is 9.30. The third kappa shape index (κ3) is 5.51. The lowest BCUT2D eigenvalue weighted by Gasteiger charge is -2.33. The maximum absolute atomic E-state index is 4.73. The van der Waals surface area contributed by atoms with Crippen LogP contribution in [0.2, 0.25) is 0 Å². The lowest BCUT2D eigenvalue weighted by molar-refractivity contribution is 0.410. The Labute approximate surface area is 217 Å². The van der Waals surface area contributed by atoms with Crippen LogP contribution in [-0.4, -0.2) is 42.7 Å². The van der Waals surface area contributed by atoms with E-state index < -0.39 is 0 Å². The molecule has 1 aromatic heterocycles. The fourth-order valence-corrected chi connectivity index (χ4v) is 5.20. The number of benzene rings is 2. The Kier molecular flexibility index (Phi) is 8.52. The second kappa shape index (κ2) is 12.0. The van der Waals surface area contributed by atoms with Crippen molar-refractivity contribution in [3.05, 3.63) is 90.3 Å². The molecule has 5 heteroatoms. The first-order valence-corrected chi connectivity index (χ1v) is 13.4. The van der Waals surface area contributed by atoms with Crippen LogP contribution in [0.1, 0.15) is 58.2 Å². The molecule has 1 aliphatic rings. The highest BCUT2D eigenvalue weighted by Crippen LogP contribution is 2.37. The minimum atomic E-state index is 0.250. The highest BCUT2D eigenvalue weighted by molar-refractivity contribution is 5.66. The number of pyridine rings is 1. The SMILES string of the molecule is CCN(CC)c1ccc(C(C)=CN2CCC(c3ccc(N(CC)CC)cc3)N2c2ccccn2)cc1. The normalized spacial score (nSPS) is 15.9. The smallest absolute Gasteiger partial charge is 0.147 e. The standard InChI is InChI=1S/C31H41N5/c1-6-33(7-2)28-17-13-26(14-18-28)25(5)24-35-23-21-30(36(35)31-12-10-11-22-32-31)27-15-19-29(20-16-27)34(8-3)9-4/h10-20,22,24,30H,6-9,21,23H2,1-5H3. The lowest BCUT2D eigenvalue weighted by atomic mass is 10.0. The highest BCUT2D eigenvalue weighted by atomic mass is 15.7. The summed E-state index contributed by atoms with van der Waals surface area (Å²) in [6, 6.07) is 24.5. The Balaban J connectivity index is 1.61. The first-order valence-electron chi connectivity index (χ1n) is 13.4. The van der Waals surface area contributed by atoms with Gasteiger partial charge in [-0.1, -0.05) is 30.3 Å². The summed E-state index contributed by atoms with van der Waals surface area (Å²) < 4.78 is 0. The van der Waals surface area contributed by atoms with Crippen molar-refractivity contribution in [1.29, 1.82) is 0 Å². The number of rotatable bonds is 10. The molecule has 0 spiro atoms. The van der Waals surface area contributed by atoms with Crippen LogP contribution in [0, 0.1) is 0 Å². The Morgan fingerprint density at radius 1 is 0.833 bits per heavy atom. The monoisotopic (exact) mass is 483 g/mol. The molecule has 190 valence electrons. The molecule has 0 radical (unpaired) electrons. The van der Waals surface area contributed by atoms with Crippen LogP contribution in [0.25, 0.3) is 5.57 Å². The van der Waals surface area contributed by atoms with Crippen LogP contribution >= 0.6 is 0 Å². The van der Waals surface area contributed by atoms with Crippen LogP contribution in [-0.2, 0) is 0 Å². The zero-order valence-electron chi connectivity index (χ0n) is 22.6. The van der Waals surface area contributed by atoms with Crippen LogP contribution in [0.4, 0.5) is 17.2 Å². The van der Waals surface area contributed by atoms with Gasteiger partial charge in [0.15, 0.2) is 0 Å². The summed E-state index contributed by atoms with van der Waals surface area (Å²) in [4.78, 5) is 9.50. The van der Waals surface area contributed by atoms with E-state index in [4.69, 9.17) is 4.98 Å². The molecule has 0 amide bonds. The van der Waals surface area contributed by atoms with E-state index >= 15 is 0 Å². The first kappa shape index (κ1) is 25.6. The molecule has 1 atom stereocenters. The van der Waals surface area contributed by atoms with Gasteiger partial charge in [-0.3, -0.25) is 10.0 Å². The molecule has 0 N–H and O–H groups in total. The minimum Gasteiger partial charge on any atom is -0.372 e. The summed E-state index contributed by atoms with van der Waals surface area (Å²) in [5, 5.41) is 4.71. The number of aromatic nitrogens is 1. The van der Waals surface area contributed by atoms with Gasteiger partial charge in [-0.15, -0.1) is 0 Å². The molecule has 36 heavy (non-hydrogen) atoms. The van der Waals surface area contributed by atoms with Crippen molar-refractivity contribution in [2.75, 3.05) is 47.5 Å². The van der Waals surface area contributed by atoms with Crippen LogP contribution in [0.15, 0.2) is 79.1 Å². The molecule has 2 aromatic carbocycles. The lowest BCUT2D eigenvalue weighted by Crippen LogP contribution is -2.35. The summed E-state index contributed by atoms with van der Waals surface area (Å²) in [5.41, 5.74) is 6.39. The van der Waals surface area contributed by atoms with Crippen molar-refractivity contribution in [2.24, 2.45) is 0 Å². The topological polar surface area (TPSA) is 25.9 Å². The van der Waals surface area contributed by atoms with Gasteiger partial charge < -0.3 is 9.80 Å². The van der Waals surface area contributed by atoms with Gasteiger partial charge in [-0.25, -0.2) is 4.98 Å². The van der Waals surface area contributed by atoms with Gasteiger partial charge in [0.25, 0.3) is 0 Å². The number of hydrazine groups is 1. The molecule has 3 aromatic rings. The van der Waals surface area contributed by atoms with Gasteiger partial charge >= 0.3 is 0 Å². The largest absolute Gasteiger partial charge is 0.372 e. The predicted molar refractivity (Wildman–Crippen MR) is 154 cm³/mol. The fraction of sp³-hybridized carbons (Fsp3) is 0.387. The van der Waals surface area contributed by atoms with Gasteiger partial charge in [-0.05, 0) is 94.1 Å². The van der Waals surface area contributed by atoms with Crippen molar-refractivity contribution < 1.29 is 0 Å². The van der Waals surface area contributed by atoms with Crippen molar-refractivity contribution >= 4 is 22.8 Å². The molecule has 5 nitrogen and oxygen atoms in total. The molecule has 1 saturated heterocycles. The van der Waals surface area contributed by atoms with Crippen LogP contribution in [0.5, 0.6) is 0 Å². The van der Waals surface area contributed by atoms with Gasteiger partial charge in [0, 0.05) is 56.5 Å². The summed E-state index contributed by atoms with van der Waals surface area (Å²) >= 11 is 0. The van der Waals surface area contributed by atoms with E-state index in [-0.39, 0.29) is 6.04 Å². The van der Waals surface area contributed by atoms with E-state index in [2.05, 4.69) is 121 Å². The zero-order valence-corrected chi connectivity index (χ0v) is 22.6. The van der Waals surface area contributed by atoms with E-state index in [1.807, 2.05) is 12.3 Å². The molecule has 1 fully saturated rings. The molecule has 0 bridgehead atoms. The Hall–Kier alpha value is -3.47. The van der Waals surface area contributed by atoms with Crippen molar-refractivity contribution in [3.8, 4) is 0 Å². The molecule has 1 unspecified atom stereocenters. The molecular formula is C31H41N5. The minimum absolute atomic E-state index is 0.250. The average molecular weight is 484 g/mol. The zero-order chi connectivity index (χ0) is 25.5. The molecule has 0 aliphatic carbocycles. The van der Waals surface area contributed by atoms with Crippen LogP contribution < -0.4 is 14.8 Å².